The normalized spacial score (nSPS) is 12.3. The summed E-state index contributed by atoms with van der Waals surface area (Å²) in [5, 5.41) is 17.9. The Morgan fingerprint density at radius 3 is 2.26 bits per heavy atom. The Balaban J connectivity index is 2.28. The lowest BCUT2D eigenvalue weighted by Gasteiger charge is -2.11. The SMILES string of the molecule is NS(=O)(=O)c1ccccc1-n1nc(C(F)(F)F)cc1-c1ccc(CO)cc1. The van der Waals surface area contributed by atoms with Crippen molar-refractivity contribution in [2.75, 3.05) is 0 Å². The lowest BCUT2D eigenvalue weighted by molar-refractivity contribution is -0.141. The van der Waals surface area contributed by atoms with Gasteiger partial charge in [0.25, 0.3) is 0 Å². The summed E-state index contributed by atoms with van der Waals surface area (Å²) in [5.41, 5.74) is -0.308. The van der Waals surface area contributed by atoms with Crippen molar-refractivity contribution in [1.82, 2.24) is 9.78 Å². The minimum absolute atomic E-state index is 0.0305. The molecule has 0 unspecified atom stereocenters. The second-order valence-electron chi connectivity index (χ2n) is 5.69. The Labute approximate surface area is 152 Å². The third-order valence-electron chi connectivity index (χ3n) is 3.83. The van der Waals surface area contributed by atoms with Crippen molar-refractivity contribution in [2.45, 2.75) is 17.7 Å². The molecule has 2 aromatic carbocycles. The molecule has 0 atom stereocenters. The first kappa shape index (κ1) is 19.1. The summed E-state index contributed by atoms with van der Waals surface area (Å²) >= 11 is 0. The minimum atomic E-state index is -4.72. The molecular formula is C17H14F3N3O3S. The molecule has 0 bridgehead atoms. The van der Waals surface area contributed by atoms with E-state index in [1.807, 2.05) is 0 Å². The highest BCUT2D eigenvalue weighted by Gasteiger charge is 2.35. The summed E-state index contributed by atoms with van der Waals surface area (Å²) in [6.07, 6.45) is -4.72. The standard InChI is InChI=1S/C17H14F3N3O3S/c18-17(19,20)16-9-14(12-7-5-11(10-24)6-8-12)23(22-16)13-3-1-2-4-15(13)27(21,25)26/h1-9,24H,10H2,(H2,21,25,26). The molecule has 3 N–H and O–H groups in total. The van der Waals surface area contributed by atoms with Crippen molar-refractivity contribution in [3.8, 4) is 16.9 Å². The topological polar surface area (TPSA) is 98.2 Å². The number of rotatable bonds is 4. The van der Waals surface area contributed by atoms with Gasteiger partial charge in [0.05, 0.1) is 18.0 Å². The second kappa shape index (κ2) is 6.80. The summed E-state index contributed by atoms with van der Waals surface area (Å²) in [5.74, 6) is 0. The third kappa shape index (κ3) is 3.87. The van der Waals surface area contributed by atoms with E-state index in [0.29, 0.717) is 11.1 Å². The van der Waals surface area contributed by atoms with Crippen molar-refractivity contribution in [3.63, 3.8) is 0 Å². The molecule has 0 spiro atoms. The Morgan fingerprint density at radius 1 is 1.07 bits per heavy atom. The largest absolute Gasteiger partial charge is 0.435 e. The van der Waals surface area contributed by atoms with Crippen molar-refractivity contribution in [2.24, 2.45) is 5.14 Å². The average molecular weight is 397 g/mol. The second-order valence-corrected chi connectivity index (χ2v) is 7.22. The van der Waals surface area contributed by atoms with E-state index in [4.69, 9.17) is 10.2 Å². The number of hydrogen-bond donors (Lipinski definition) is 2. The molecular weight excluding hydrogens is 383 g/mol. The third-order valence-corrected chi connectivity index (χ3v) is 4.79. The van der Waals surface area contributed by atoms with Crippen molar-refractivity contribution >= 4 is 10.0 Å². The van der Waals surface area contributed by atoms with Crippen LogP contribution in [0.4, 0.5) is 13.2 Å². The molecule has 1 aromatic heterocycles. The summed E-state index contributed by atoms with van der Waals surface area (Å²) < 4.78 is 64.2. The Bertz CT molecular complexity index is 1070. The van der Waals surface area contributed by atoms with E-state index in [1.54, 1.807) is 12.1 Å². The summed E-state index contributed by atoms with van der Waals surface area (Å²) in [4.78, 5) is -0.352. The molecule has 0 aliphatic carbocycles. The monoisotopic (exact) mass is 397 g/mol. The van der Waals surface area contributed by atoms with Gasteiger partial charge in [0.15, 0.2) is 5.69 Å². The summed E-state index contributed by atoms with van der Waals surface area (Å²) in [6, 6.07) is 12.3. The molecule has 27 heavy (non-hydrogen) atoms. The first-order valence-electron chi connectivity index (χ1n) is 7.61. The van der Waals surface area contributed by atoms with Crippen LogP contribution in [0.15, 0.2) is 59.5 Å². The van der Waals surface area contributed by atoms with Gasteiger partial charge in [-0.05, 0) is 23.8 Å². The van der Waals surface area contributed by atoms with Crippen molar-refractivity contribution < 1.29 is 26.7 Å². The molecule has 0 radical (unpaired) electrons. The van der Waals surface area contributed by atoms with Gasteiger partial charge in [-0.3, -0.25) is 0 Å². The summed E-state index contributed by atoms with van der Waals surface area (Å²) in [6.45, 7) is -0.221. The molecule has 142 valence electrons. The number of aliphatic hydroxyl groups excluding tert-OH is 1. The van der Waals surface area contributed by atoms with Gasteiger partial charge in [-0.25, -0.2) is 18.2 Å². The van der Waals surface area contributed by atoms with E-state index >= 15 is 0 Å². The van der Waals surface area contributed by atoms with Crippen LogP contribution in [0, 0.1) is 0 Å². The fourth-order valence-electron chi connectivity index (χ4n) is 2.56. The molecule has 0 amide bonds. The van der Waals surface area contributed by atoms with E-state index < -0.39 is 21.9 Å². The predicted molar refractivity (Wildman–Crippen MR) is 91.3 cm³/mol. The molecule has 3 aromatic rings. The number of sulfonamides is 1. The number of alkyl halides is 3. The van der Waals surface area contributed by atoms with Crippen LogP contribution in [0.1, 0.15) is 11.3 Å². The highest BCUT2D eigenvalue weighted by atomic mass is 32.2. The van der Waals surface area contributed by atoms with Crippen LogP contribution >= 0.6 is 0 Å². The zero-order valence-electron chi connectivity index (χ0n) is 13.7. The number of halogens is 3. The molecule has 0 saturated carbocycles. The van der Waals surface area contributed by atoms with E-state index in [0.717, 1.165) is 10.7 Å². The van der Waals surface area contributed by atoms with Crippen molar-refractivity contribution in [1.29, 1.82) is 0 Å². The van der Waals surface area contributed by atoms with Crippen LogP contribution in [-0.2, 0) is 22.8 Å². The molecule has 0 aliphatic rings. The first-order chi connectivity index (χ1) is 12.6. The Morgan fingerprint density at radius 2 is 1.70 bits per heavy atom. The molecule has 10 heteroatoms. The highest BCUT2D eigenvalue weighted by Crippen LogP contribution is 2.34. The lowest BCUT2D eigenvalue weighted by atomic mass is 10.1. The zero-order chi connectivity index (χ0) is 19.8. The zero-order valence-corrected chi connectivity index (χ0v) is 14.5. The molecule has 3 rings (SSSR count). The van der Waals surface area contributed by atoms with Gasteiger partial charge in [-0.1, -0.05) is 36.4 Å². The lowest BCUT2D eigenvalue weighted by Crippen LogP contribution is -2.16. The van der Waals surface area contributed by atoms with Gasteiger partial charge >= 0.3 is 6.18 Å². The van der Waals surface area contributed by atoms with E-state index in [-0.39, 0.29) is 22.9 Å². The van der Waals surface area contributed by atoms with E-state index in [1.165, 1.54) is 36.4 Å². The van der Waals surface area contributed by atoms with Gasteiger partial charge < -0.3 is 5.11 Å². The first-order valence-corrected chi connectivity index (χ1v) is 9.15. The molecule has 6 nitrogen and oxygen atoms in total. The highest BCUT2D eigenvalue weighted by molar-refractivity contribution is 7.89. The van der Waals surface area contributed by atoms with Crippen LogP contribution in [0.5, 0.6) is 0 Å². The van der Waals surface area contributed by atoms with Gasteiger partial charge in [-0.2, -0.15) is 18.3 Å². The minimum Gasteiger partial charge on any atom is -0.392 e. The van der Waals surface area contributed by atoms with Crippen LogP contribution in [0.2, 0.25) is 0 Å². The maximum atomic E-state index is 13.2. The number of nitrogens with zero attached hydrogens (tertiary/aromatic N) is 2. The quantitative estimate of drug-likeness (QED) is 0.707. The van der Waals surface area contributed by atoms with Crippen LogP contribution in [-0.4, -0.2) is 23.3 Å². The molecule has 1 heterocycles. The average Bonchev–Trinajstić information content (AvgIpc) is 3.07. The van der Waals surface area contributed by atoms with Crippen LogP contribution in [0.3, 0.4) is 0 Å². The van der Waals surface area contributed by atoms with Gasteiger partial charge in [0, 0.05) is 5.56 Å². The maximum Gasteiger partial charge on any atom is 0.435 e. The smallest absolute Gasteiger partial charge is 0.392 e. The van der Waals surface area contributed by atoms with Crippen molar-refractivity contribution in [3.05, 3.63) is 65.9 Å². The maximum absolute atomic E-state index is 13.2. The van der Waals surface area contributed by atoms with E-state index in [2.05, 4.69) is 5.10 Å². The molecule has 0 aliphatic heterocycles. The van der Waals surface area contributed by atoms with Crippen LogP contribution in [0.25, 0.3) is 16.9 Å². The number of aromatic nitrogens is 2. The fraction of sp³-hybridized carbons (Fsp3) is 0.118. The number of benzene rings is 2. The predicted octanol–water partition coefficient (Wildman–Crippen LogP) is 2.70. The number of para-hydroxylation sites is 1. The van der Waals surface area contributed by atoms with Crippen LogP contribution < -0.4 is 5.14 Å². The van der Waals surface area contributed by atoms with E-state index in [9.17, 15) is 21.6 Å². The van der Waals surface area contributed by atoms with Gasteiger partial charge in [0.1, 0.15) is 4.90 Å². The number of hydrogen-bond acceptors (Lipinski definition) is 4. The van der Waals surface area contributed by atoms with Gasteiger partial charge in [0.2, 0.25) is 10.0 Å². The Kier molecular flexibility index (Phi) is 4.81. The summed E-state index contributed by atoms with van der Waals surface area (Å²) in [7, 11) is -4.19. The fourth-order valence-corrected chi connectivity index (χ4v) is 3.28. The molecule has 0 fully saturated rings. The molecule has 0 saturated heterocycles. The number of primary sulfonamides is 1. The Hall–Kier alpha value is -2.69. The number of nitrogens with two attached hydrogens (primary N) is 1. The number of aliphatic hydroxyl groups is 1. The van der Waals surface area contributed by atoms with Gasteiger partial charge in [-0.15, -0.1) is 0 Å².